The number of benzene rings is 1. The molecule has 0 unspecified atom stereocenters. The van der Waals surface area contributed by atoms with Gasteiger partial charge in [0.05, 0.1) is 0 Å². The lowest BCUT2D eigenvalue weighted by Gasteiger charge is -2.34. The molecule has 0 amide bonds. The van der Waals surface area contributed by atoms with Crippen LogP contribution in [0.2, 0.25) is 5.02 Å². The summed E-state index contributed by atoms with van der Waals surface area (Å²) in [5, 5.41) is 4.28. The van der Waals surface area contributed by atoms with E-state index in [2.05, 4.69) is 39.3 Å². The molecule has 1 N–H and O–H groups in total. The fourth-order valence-electron chi connectivity index (χ4n) is 2.86. The van der Waals surface area contributed by atoms with Gasteiger partial charge in [0.15, 0.2) is 0 Å². The van der Waals surface area contributed by atoms with Crippen LogP contribution in [-0.2, 0) is 13.1 Å². The molecule has 4 nitrogen and oxygen atoms in total. The summed E-state index contributed by atoms with van der Waals surface area (Å²) in [6.07, 6.45) is 1.88. The highest BCUT2D eigenvalue weighted by Crippen LogP contribution is 2.19. The minimum absolute atomic E-state index is 0.781. The van der Waals surface area contributed by atoms with E-state index in [1.165, 1.54) is 11.1 Å². The average molecular weight is 331 g/mol. The van der Waals surface area contributed by atoms with Crippen molar-refractivity contribution >= 4 is 17.4 Å². The smallest absolute Gasteiger partial charge is 0.133 e. The van der Waals surface area contributed by atoms with E-state index in [0.29, 0.717) is 0 Å². The van der Waals surface area contributed by atoms with Gasteiger partial charge in [-0.3, -0.25) is 0 Å². The van der Waals surface area contributed by atoms with Gasteiger partial charge in [0.1, 0.15) is 5.82 Å². The highest BCUT2D eigenvalue weighted by Gasteiger charge is 2.17. The molecule has 122 valence electrons. The number of nitrogens with one attached hydrogen (secondary N) is 1. The number of aromatic nitrogens is 1. The predicted molar refractivity (Wildman–Crippen MR) is 95.9 cm³/mol. The third kappa shape index (κ3) is 4.44. The van der Waals surface area contributed by atoms with E-state index < -0.39 is 0 Å². The number of likely N-dealkylation sites (N-methyl/N-ethyl adjacent to an activating group) is 1. The molecule has 0 aliphatic carbocycles. The number of piperazine rings is 1. The Morgan fingerprint density at radius 2 is 1.91 bits per heavy atom. The molecule has 2 heterocycles. The molecular weight excluding hydrogens is 308 g/mol. The zero-order chi connectivity index (χ0) is 16.1. The fraction of sp³-hybridized carbons (Fsp3) is 0.389. The van der Waals surface area contributed by atoms with Crippen LogP contribution in [0.15, 0.2) is 42.6 Å². The standard InChI is InChI=1S/C18H23ClN4/c1-22-8-10-23(11-9-22)18-16(5-3-7-21-18)14-20-13-15-4-2-6-17(19)12-15/h2-7,12,20H,8-11,13-14H2,1H3. The van der Waals surface area contributed by atoms with Crippen molar-refractivity contribution in [3.63, 3.8) is 0 Å². The van der Waals surface area contributed by atoms with Gasteiger partial charge in [-0.25, -0.2) is 4.98 Å². The van der Waals surface area contributed by atoms with Crippen LogP contribution < -0.4 is 10.2 Å². The number of pyridine rings is 1. The zero-order valence-electron chi connectivity index (χ0n) is 13.5. The summed E-state index contributed by atoms with van der Waals surface area (Å²) in [6.45, 7) is 5.86. The van der Waals surface area contributed by atoms with Crippen LogP contribution in [0.3, 0.4) is 0 Å². The Morgan fingerprint density at radius 3 is 2.70 bits per heavy atom. The van der Waals surface area contributed by atoms with E-state index in [9.17, 15) is 0 Å². The molecule has 2 aromatic rings. The zero-order valence-corrected chi connectivity index (χ0v) is 14.3. The molecule has 0 atom stereocenters. The third-order valence-corrected chi connectivity index (χ3v) is 4.44. The van der Waals surface area contributed by atoms with Crippen LogP contribution in [0, 0.1) is 0 Å². The second-order valence-corrected chi connectivity index (χ2v) is 6.45. The van der Waals surface area contributed by atoms with Crippen LogP contribution in [0.5, 0.6) is 0 Å². The lowest BCUT2D eigenvalue weighted by molar-refractivity contribution is 0.311. The van der Waals surface area contributed by atoms with E-state index >= 15 is 0 Å². The van der Waals surface area contributed by atoms with Crippen molar-refractivity contribution < 1.29 is 0 Å². The van der Waals surface area contributed by atoms with Crippen LogP contribution in [-0.4, -0.2) is 43.1 Å². The summed E-state index contributed by atoms with van der Waals surface area (Å²) in [4.78, 5) is 9.36. The van der Waals surface area contributed by atoms with Gasteiger partial charge in [0.2, 0.25) is 0 Å². The fourth-order valence-corrected chi connectivity index (χ4v) is 3.07. The largest absolute Gasteiger partial charge is 0.354 e. The van der Waals surface area contributed by atoms with Crippen molar-refractivity contribution in [2.75, 3.05) is 38.1 Å². The molecule has 1 aromatic carbocycles. The third-order valence-electron chi connectivity index (χ3n) is 4.20. The minimum Gasteiger partial charge on any atom is -0.354 e. The number of hydrogen-bond donors (Lipinski definition) is 1. The number of halogens is 1. The van der Waals surface area contributed by atoms with Crippen molar-refractivity contribution in [1.29, 1.82) is 0 Å². The van der Waals surface area contributed by atoms with Crippen molar-refractivity contribution in [3.05, 3.63) is 58.7 Å². The van der Waals surface area contributed by atoms with Gasteiger partial charge in [-0.05, 0) is 30.8 Å². The van der Waals surface area contributed by atoms with E-state index in [1.807, 2.05) is 30.5 Å². The summed E-state index contributed by atoms with van der Waals surface area (Å²) < 4.78 is 0. The lowest BCUT2D eigenvalue weighted by Crippen LogP contribution is -2.45. The molecule has 5 heteroatoms. The summed E-state index contributed by atoms with van der Waals surface area (Å²) in [6, 6.07) is 12.1. The number of rotatable bonds is 5. The average Bonchev–Trinajstić information content (AvgIpc) is 2.56. The lowest BCUT2D eigenvalue weighted by atomic mass is 10.2. The topological polar surface area (TPSA) is 31.4 Å². The van der Waals surface area contributed by atoms with Crippen LogP contribution in [0.25, 0.3) is 0 Å². The first-order chi connectivity index (χ1) is 11.2. The normalized spacial score (nSPS) is 15.8. The van der Waals surface area contributed by atoms with Gasteiger partial charge < -0.3 is 15.1 Å². The van der Waals surface area contributed by atoms with Crippen molar-refractivity contribution in [2.24, 2.45) is 0 Å². The van der Waals surface area contributed by atoms with Gasteiger partial charge in [-0.2, -0.15) is 0 Å². The van der Waals surface area contributed by atoms with Crippen LogP contribution >= 0.6 is 11.6 Å². The monoisotopic (exact) mass is 330 g/mol. The second kappa shape index (κ2) is 7.77. The maximum absolute atomic E-state index is 6.03. The number of nitrogens with zero attached hydrogens (tertiary/aromatic N) is 3. The molecule has 0 bridgehead atoms. The predicted octanol–water partition coefficient (Wildman–Crippen LogP) is 2.78. The maximum Gasteiger partial charge on any atom is 0.133 e. The van der Waals surface area contributed by atoms with E-state index in [0.717, 1.165) is 50.1 Å². The van der Waals surface area contributed by atoms with Gasteiger partial charge in [-0.15, -0.1) is 0 Å². The van der Waals surface area contributed by atoms with Crippen molar-refractivity contribution in [1.82, 2.24) is 15.2 Å². The molecule has 0 spiro atoms. The van der Waals surface area contributed by atoms with Gasteiger partial charge in [-0.1, -0.05) is 29.8 Å². The Bertz CT molecular complexity index is 638. The molecule has 1 aliphatic rings. The molecule has 1 saturated heterocycles. The maximum atomic E-state index is 6.03. The second-order valence-electron chi connectivity index (χ2n) is 6.01. The summed E-state index contributed by atoms with van der Waals surface area (Å²) in [7, 11) is 2.17. The van der Waals surface area contributed by atoms with E-state index in [-0.39, 0.29) is 0 Å². The van der Waals surface area contributed by atoms with E-state index in [4.69, 9.17) is 11.6 Å². The van der Waals surface area contributed by atoms with Gasteiger partial charge >= 0.3 is 0 Å². The number of hydrogen-bond acceptors (Lipinski definition) is 4. The molecular formula is C18H23ClN4. The summed E-state index contributed by atoms with van der Waals surface area (Å²) in [5.41, 5.74) is 2.45. The van der Waals surface area contributed by atoms with E-state index in [1.54, 1.807) is 0 Å². The van der Waals surface area contributed by atoms with Crippen LogP contribution in [0.1, 0.15) is 11.1 Å². The Hall–Kier alpha value is -1.62. The molecule has 1 fully saturated rings. The Kier molecular flexibility index (Phi) is 5.49. The molecule has 23 heavy (non-hydrogen) atoms. The first kappa shape index (κ1) is 16.2. The Labute approximate surface area is 143 Å². The molecule has 0 saturated carbocycles. The highest BCUT2D eigenvalue weighted by molar-refractivity contribution is 6.30. The highest BCUT2D eigenvalue weighted by atomic mass is 35.5. The molecule has 1 aromatic heterocycles. The number of anilines is 1. The Morgan fingerprint density at radius 1 is 1.09 bits per heavy atom. The Balaban J connectivity index is 1.62. The van der Waals surface area contributed by atoms with Gasteiger partial charge in [0, 0.05) is 56.1 Å². The van der Waals surface area contributed by atoms with Crippen molar-refractivity contribution in [3.8, 4) is 0 Å². The minimum atomic E-state index is 0.781. The SMILES string of the molecule is CN1CCN(c2ncccc2CNCc2cccc(Cl)c2)CC1. The van der Waals surface area contributed by atoms with Crippen molar-refractivity contribution in [2.45, 2.75) is 13.1 Å². The molecule has 1 aliphatic heterocycles. The summed E-state index contributed by atoms with van der Waals surface area (Å²) in [5.74, 6) is 1.11. The first-order valence-electron chi connectivity index (χ1n) is 8.05. The van der Waals surface area contributed by atoms with Crippen LogP contribution in [0.4, 0.5) is 5.82 Å². The first-order valence-corrected chi connectivity index (χ1v) is 8.43. The molecule has 3 rings (SSSR count). The summed E-state index contributed by atoms with van der Waals surface area (Å²) >= 11 is 6.03. The van der Waals surface area contributed by atoms with Gasteiger partial charge in [0.25, 0.3) is 0 Å². The quantitative estimate of drug-likeness (QED) is 0.913. The molecule has 0 radical (unpaired) electrons.